The number of benzene rings is 2. The summed E-state index contributed by atoms with van der Waals surface area (Å²) >= 11 is 5.83. The molecule has 0 unspecified atom stereocenters. The highest BCUT2D eigenvalue weighted by Gasteiger charge is 2.20. The van der Waals surface area contributed by atoms with Crippen LogP contribution in [0.3, 0.4) is 0 Å². The molecule has 0 amide bonds. The molecule has 1 heterocycles. The van der Waals surface area contributed by atoms with E-state index in [1.54, 1.807) is 31.4 Å². The van der Waals surface area contributed by atoms with E-state index in [2.05, 4.69) is 15.9 Å². The lowest BCUT2D eigenvalue weighted by molar-refractivity contribution is 0.258. The van der Waals surface area contributed by atoms with Crippen molar-refractivity contribution >= 4 is 27.1 Å². The summed E-state index contributed by atoms with van der Waals surface area (Å²) in [7, 11) is -1.56. The fourth-order valence-corrected chi connectivity index (χ4v) is 4.76. The van der Waals surface area contributed by atoms with Gasteiger partial charge in [0, 0.05) is 31.2 Å². The van der Waals surface area contributed by atoms with Crippen LogP contribution in [0.25, 0.3) is 0 Å². The second kappa shape index (κ2) is 8.95. The van der Waals surface area contributed by atoms with Crippen molar-refractivity contribution in [3.8, 4) is 5.75 Å². The molecule has 2 aromatic carbocycles. The Bertz CT molecular complexity index is 848. The van der Waals surface area contributed by atoms with E-state index in [0.717, 1.165) is 44.2 Å². The molecule has 5 nitrogen and oxygen atoms in total. The molecule has 0 aromatic heterocycles. The predicted molar refractivity (Wildman–Crippen MR) is 110 cm³/mol. The van der Waals surface area contributed by atoms with Crippen LogP contribution in [0.1, 0.15) is 6.42 Å². The molecule has 0 radical (unpaired) electrons. The lowest BCUT2D eigenvalue weighted by Gasteiger charge is -2.36. The number of nitrogens with zero attached hydrogens (tertiary/aromatic N) is 2. The van der Waals surface area contributed by atoms with Gasteiger partial charge >= 0.3 is 0 Å². The maximum atomic E-state index is 12.4. The van der Waals surface area contributed by atoms with Crippen LogP contribution in [0, 0.1) is 0 Å². The summed E-state index contributed by atoms with van der Waals surface area (Å²) in [5.41, 5.74) is 1.12. The van der Waals surface area contributed by atoms with Crippen molar-refractivity contribution in [2.45, 2.75) is 11.3 Å². The molecule has 27 heavy (non-hydrogen) atoms. The van der Waals surface area contributed by atoms with Gasteiger partial charge in [-0.3, -0.25) is 4.90 Å². The number of piperazine rings is 1. The van der Waals surface area contributed by atoms with E-state index in [0.29, 0.717) is 16.3 Å². The van der Waals surface area contributed by atoms with E-state index in [9.17, 15) is 8.42 Å². The summed E-state index contributed by atoms with van der Waals surface area (Å²) in [4.78, 5) is 4.98. The van der Waals surface area contributed by atoms with E-state index in [1.807, 2.05) is 18.2 Å². The summed E-state index contributed by atoms with van der Waals surface area (Å²) in [5, 5.41) is 0.543. The van der Waals surface area contributed by atoms with E-state index in [1.165, 1.54) is 0 Å². The first kappa shape index (κ1) is 20.0. The van der Waals surface area contributed by atoms with E-state index in [4.69, 9.17) is 16.3 Å². The lowest BCUT2D eigenvalue weighted by Crippen LogP contribution is -2.46. The van der Waals surface area contributed by atoms with Gasteiger partial charge in [0.05, 0.1) is 23.4 Å². The maximum absolute atomic E-state index is 12.4. The van der Waals surface area contributed by atoms with Crippen molar-refractivity contribution < 1.29 is 13.2 Å². The van der Waals surface area contributed by atoms with Gasteiger partial charge in [0.15, 0.2) is 9.84 Å². The summed E-state index contributed by atoms with van der Waals surface area (Å²) in [6.45, 7) is 4.43. The predicted octanol–water partition coefficient (Wildman–Crippen LogP) is 3.33. The molecular formula is C20H25ClN2O3S. The number of hydrogen-bond acceptors (Lipinski definition) is 5. The van der Waals surface area contributed by atoms with Crippen LogP contribution in [0.4, 0.5) is 5.69 Å². The second-order valence-electron chi connectivity index (χ2n) is 6.63. The van der Waals surface area contributed by atoms with Crippen LogP contribution in [0.5, 0.6) is 5.75 Å². The van der Waals surface area contributed by atoms with Crippen LogP contribution in [-0.4, -0.2) is 58.9 Å². The van der Waals surface area contributed by atoms with E-state index < -0.39 is 9.84 Å². The zero-order valence-electron chi connectivity index (χ0n) is 15.5. The molecule has 0 aliphatic carbocycles. The minimum absolute atomic E-state index is 0.154. The van der Waals surface area contributed by atoms with Gasteiger partial charge in [-0.2, -0.15) is 0 Å². The van der Waals surface area contributed by atoms with Crippen LogP contribution in [-0.2, 0) is 9.84 Å². The Labute approximate surface area is 166 Å². The quantitative estimate of drug-likeness (QED) is 0.703. The smallest absolute Gasteiger partial charge is 0.178 e. The molecule has 3 rings (SSSR count). The minimum Gasteiger partial charge on any atom is -0.495 e. The highest BCUT2D eigenvalue weighted by Crippen LogP contribution is 2.28. The van der Waals surface area contributed by atoms with Crippen molar-refractivity contribution in [1.82, 2.24) is 4.90 Å². The molecule has 7 heteroatoms. The fourth-order valence-electron chi connectivity index (χ4n) is 3.34. The van der Waals surface area contributed by atoms with Crippen molar-refractivity contribution in [1.29, 1.82) is 0 Å². The largest absolute Gasteiger partial charge is 0.495 e. The number of halogens is 1. The van der Waals surface area contributed by atoms with E-state index in [-0.39, 0.29) is 5.75 Å². The Morgan fingerprint density at radius 3 is 2.33 bits per heavy atom. The highest BCUT2D eigenvalue weighted by atomic mass is 35.5. The molecule has 1 fully saturated rings. The van der Waals surface area contributed by atoms with Gasteiger partial charge in [-0.25, -0.2) is 8.42 Å². The van der Waals surface area contributed by atoms with Gasteiger partial charge in [-0.15, -0.1) is 0 Å². The Kier molecular flexibility index (Phi) is 6.63. The Morgan fingerprint density at radius 2 is 1.67 bits per heavy atom. The second-order valence-corrected chi connectivity index (χ2v) is 9.17. The standard InChI is InChI=1S/C20H25ClN2O3S/c1-26-20-6-3-2-5-19(20)23-14-12-22(13-15-23)11-4-16-27(24,25)18-9-7-17(21)8-10-18/h2-3,5-10H,4,11-16H2,1H3. The molecule has 1 saturated heterocycles. The van der Waals surface area contributed by atoms with Crippen molar-refractivity contribution in [2.24, 2.45) is 0 Å². The molecule has 0 bridgehead atoms. The molecule has 146 valence electrons. The molecule has 0 saturated carbocycles. The topological polar surface area (TPSA) is 49.9 Å². The van der Waals surface area contributed by atoms with Gasteiger partial charge in [0.1, 0.15) is 5.75 Å². The Hall–Kier alpha value is -1.76. The first-order valence-electron chi connectivity index (χ1n) is 9.08. The molecule has 2 aromatic rings. The average molecular weight is 409 g/mol. The summed E-state index contributed by atoms with van der Waals surface area (Å²) < 4.78 is 30.3. The van der Waals surface area contributed by atoms with Gasteiger partial charge in [0.25, 0.3) is 0 Å². The number of methoxy groups -OCH3 is 1. The Morgan fingerprint density at radius 1 is 1.00 bits per heavy atom. The number of hydrogen-bond donors (Lipinski definition) is 0. The average Bonchev–Trinajstić information content (AvgIpc) is 2.69. The zero-order valence-corrected chi connectivity index (χ0v) is 17.0. The van der Waals surface area contributed by atoms with Crippen LogP contribution >= 0.6 is 11.6 Å². The monoisotopic (exact) mass is 408 g/mol. The summed E-state index contributed by atoms with van der Waals surface area (Å²) in [6.07, 6.45) is 0.625. The highest BCUT2D eigenvalue weighted by molar-refractivity contribution is 7.91. The summed E-state index contributed by atoms with van der Waals surface area (Å²) in [6, 6.07) is 14.4. The van der Waals surface area contributed by atoms with Crippen LogP contribution < -0.4 is 9.64 Å². The van der Waals surface area contributed by atoms with Crippen molar-refractivity contribution in [2.75, 3.05) is 50.5 Å². The number of sulfone groups is 1. The Balaban J connectivity index is 1.48. The third kappa shape index (κ3) is 5.15. The van der Waals surface area contributed by atoms with Gasteiger partial charge in [-0.1, -0.05) is 23.7 Å². The SMILES string of the molecule is COc1ccccc1N1CCN(CCCS(=O)(=O)c2ccc(Cl)cc2)CC1. The van der Waals surface area contributed by atoms with Crippen LogP contribution in [0.15, 0.2) is 53.4 Å². The minimum atomic E-state index is -3.25. The number of rotatable bonds is 7. The third-order valence-corrected chi connectivity index (χ3v) is 6.93. The number of anilines is 1. The lowest BCUT2D eigenvalue weighted by atomic mass is 10.2. The third-order valence-electron chi connectivity index (χ3n) is 4.86. The molecular weight excluding hydrogens is 384 g/mol. The molecule has 0 atom stereocenters. The number of ether oxygens (including phenoxy) is 1. The van der Waals surface area contributed by atoms with Crippen LogP contribution in [0.2, 0.25) is 5.02 Å². The normalized spacial score (nSPS) is 15.7. The molecule has 0 N–H and O–H groups in total. The first-order chi connectivity index (χ1) is 13.0. The molecule has 1 aliphatic rings. The first-order valence-corrected chi connectivity index (χ1v) is 11.1. The van der Waals surface area contributed by atoms with E-state index >= 15 is 0 Å². The van der Waals surface area contributed by atoms with Gasteiger partial charge in [0.2, 0.25) is 0 Å². The maximum Gasteiger partial charge on any atom is 0.178 e. The van der Waals surface area contributed by atoms with Crippen molar-refractivity contribution in [3.63, 3.8) is 0 Å². The van der Waals surface area contributed by atoms with Gasteiger partial charge in [-0.05, 0) is 49.4 Å². The fraction of sp³-hybridized carbons (Fsp3) is 0.400. The number of para-hydroxylation sites is 2. The molecule has 1 aliphatic heterocycles. The molecule has 0 spiro atoms. The summed E-state index contributed by atoms with van der Waals surface area (Å²) in [5.74, 6) is 1.04. The van der Waals surface area contributed by atoms with Gasteiger partial charge < -0.3 is 9.64 Å². The van der Waals surface area contributed by atoms with Crippen molar-refractivity contribution in [3.05, 3.63) is 53.6 Å². The zero-order chi connectivity index (χ0) is 19.3.